The second kappa shape index (κ2) is 9.24. The van der Waals surface area contributed by atoms with Crippen molar-refractivity contribution in [1.82, 2.24) is 4.98 Å². The lowest BCUT2D eigenvalue weighted by Crippen LogP contribution is -2.15. The predicted octanol–water partition coefficient (Wildman–Crippen LogP) is 4.96. The highest BCUT2D eigenvalue weighted by atomic mass is 35.5. The van der Waals surface area contributed by atoms with Crippen LogP contribution in [0.1, 0.15) is 21.6 Å². The third-order valence-corrected chi connectivity index (χ3v) is 4.58. The lowest BCUT2D eigenvalue weighted by molar-refractivity contribution is 0.102. The number of halogens is 1. The summed E-state index contributed by atoms with van der Waals surface area (Å²) in [5, 5.41) is 6.84. The van der Waals surface area contributed by atoms with Gasteiger partial charge in [0.2, 0.25) is 0 Å². The van der Waals surface area contributed by atoms with Gasteiger partial charge in [-0.15, -0.1) is 0 Å². The molecule has 2 N–H and O–H groups in total. The van der Waals surface area contributed by atoms with Crippen molar-refractivity contribution in [1.29, 1.82) is 0 Å². The van der Waals surface area contributed by atoms with Gasteiger partial charge in [-0.2, -0.15) is 0 Å². The molecular weight excluding hydrogens is 374 g/mol. The number of aromatic nitrogens is 1. The molecule has 0 bridgehead atoms. The minimum absolute atomic E-state index is 0.265. The molecule has 0 saturated carbocycles. The van der Waals surface area contributed by atoms with Crippen molar-refractivity contribution in [3.63, 3.8) is 0 Å². The number of pyridine rings is 1. The van der Waals surface area contributed by atoms with Crippen LogP contribution in [-0.4, -0.2) is 24.5 Å². The number of benzene rings is 2. The van der Waals surface area contributed by atoms with Gasteiger partial charge in [0.05, 0.1) is 7.11 Å². The molecule has 0 unspecified atom stereocenters. The Morgan fingerprint density at radius 2 is 1.96 bits per heavy atom. The van der Waals surface area contributed by atoms with E-state index in [0.717, 1.165) is 29.0 Å². The fourth-order valence-electron chi connectivity index (χ4n) is 2.87. The number of carbonyl (C=O) groups is 1. The van der Waals surface area contributed by atoms with Crippen molar-refractivity contribution in [2.75, 3.05) is 24.3 Å². The Hall–Kier alpha value is -3.05. The van der Waals surface area contributed by atoms with E-state index < -0.39 is 0 Å². The monoisotopic (exact) mass is 395 g/mol. The molecule has 3 rings (SSSR count). The average Bonchev–Trinajstić information content (AvgIpc) is 2.70. The molecule has 1 amide bonds. The Labute approximate surface area is 169 Å². The number of para-hydroxylation sites is 1. The normalized spacial score (nSPS) is 10.4. The molecule has 1 aromatic heterocycles. The SMILES string of the molecule is COc1ccccc1CCNc1ccnc(C(=O)Nc2ccc(Cl)cc2C)c1. The van der Waals surface area contributed by atoms with Crippen LogP contribution in [0.25, 0.3) is 0 Å². The molecular formula is C22H22ClN3O2. The van der Waals surface area contributed by atoms with Gasteiger partial charge in [0, 0.05) is 29.1 Å². The van der Waals surface area contributed by atoms with E-state index in [-0.39, 0.29) is 5.91 Å². The minimum Gasteiger partial charge on any atom is -0.496 e. The molecule has 5 nitrogen and oxygen atoms in total. The van der Waals surface area contributed by atoms with Crippen LogP contribution in [0.15, 0.2) is 60.8 Å². The van der Waals surface area contributed by atoms with Crippen LogP contribution in [0.3, 0.4) is 0 Å². The maximum absolute atomic E-state index is 12.5. The fourth-order valence-corrected chi connectivity index (χ4v) is 3.10. The summed E-state index contributed by atoms with van der Waals surface area (Å²) in [6, 6.07) is 16.8. The number of amides is 1. The lowest BCUT2D eigenvalue weighted by atomic mass is 10.1. The number of anilines is 2. The molecule has 0 spiro atoms. The summed E-state index contributed by atoms with van der Waals surface area (Å²) >= 11 is 5.96. The first kappa shape index (κ1) is 19.7. The molecule has 1 heterocycles. The van der Waals surface area contributed by atoms with Crippen molar-refractivity contribution < 1.29 is 9.53 Å². The topological polar surface area (TPSA) is 63.2 Å². The van der Waals surface area contributed by atoms with Crippen LogP contribution in [0, 0.1) is 6.92 Å². The molecule has 0 atom stereocenters. The lowest BCUT2D eigenvalue weighted by Gasteiger charge is -2.11. The van der Waals surface area contributed by atoms with Crippen molar-refractivity contribution in [2.45, 2.75) is 13.3 Å². The quantitative estimate of drug-likeness (QED) is 0.593. The highest BCUT2D eigenvalue weighted by Gasteiger charge is 2.10. The second-order valence-electron chi connectivity index (χ2n) is 6.33. The number of nitrogens with zero attached hydrogens (tertiary/aromatic N) is 1. The largest absolute Gasteiger partial charge is 0.496 e. The van der Waals surface area contributed by atoms with E-state index in [1.165, 1.54) is 0 Å². The smallest absolute Gasteiger partial charge is 0.274 e. The molecule has 0 aliphatic rings. The number of nitrogens with one attached hydrogen (secondary N) is 2. The van der Waals surface area contributed by atoms with Crippen LogP contribution in [-0.2, 0) is 6.42 Å². The van der Waals surface area contributed by atoms with Crippen molar-refractivity contribution in [3.8, 4) is 5.75 Å². The fraction of sp³-hybridized carbons (Fsp3) is 0.182. The Morgan fingerprint density at radius 3 is 2.75 bits per heavy atom. The van der Waals surface area contributed by atoms with Crippen molar-refractivity contribution >= 4 is 28.9 Å². The standard InChI is InChI=1S/C22H22ClN3O2/c1-15-13-17(23)7-8-19(15)26-22(27)20-14-18(10-12-25-20)24-11-9-16-5-3-4-6-21(16)28-2/h3-8,10,12-14H,9,11H2,1-2H3,(H,24,25)(H,26,27). The zero-order valence-electron chi connectivity index (χ0n) is 15.8. The van der Waals surface area contributed by atoms with E-state index in [1.54, 1.807) is 37.6 Å². The highest BCUT2D eigenvalue weighted by Crippen LogP contribution is 2.21. The minimum atomic E-state index is -0.265. The summed E-state index contributed by atoms with van der Waals surface area (Å²) in [6.07, 6.45) is 2.42. The molecule has 0 aliphatic heterocycles. The third kappa shape index (κ3) is 5.02. The third-order valence-electron chi connectivity index (χ3n) is 4.35. The Bertz CT molecular complexity index is 976. The molecule has 6 heteroatoms. The van der Waals surface area contributed by atoms with E-state index >= 15 is 0 Å². The van der Waals surface area contributed by atoms with Gasteiger partial charge in [0.25, 0.3) is 5.91 Å². The summed E-state index contributed by atoms with van der Waals surface area (Å²) in [6.45, 7) is 2.60. The van der Waals surface area contributed by atoms with Crippen LogP contribution >= 0.6 is 11.6 Å². The molecule has 0 saturated heterocycles. The van der Waals surface area contributed by atoms with Crippen LogP contribution in [0.4, 0.5) is 11.4 Å². The summed E-state index contributed by atoms with van der Waals surface area (Å²) in [5.41, 5.74) is 3.92. The predicted molar refractivity (Wildman–Crippen MR) is 114 cm³/mol. The number of rotatable bonds is 7. The number of carbonyl (C=O) groups excluding carboxylic acids is 1. The Balaban J connectivity index is 1.62. The first-order valence-corrected chi connectivity index (χ1v) is 9.34. The second-order valence-corrected chi connectivity index (χ2v) is 6.77. The Kier molecular flexibility index (Phi) is 6.50. The van der Waals surface area contributed by atoms with Crippen molar-refractivity contribution in [2.24, 2.45) is 0 Å². The number of ether oxygens (including phenoxy) is 1. The molecule has 2 aromatic carbocycles. The van der Waals surface area contributed by atoms with Gasteiger partial charge in [-0.25, -0.2) is 0 Å². The van der Waals surface area contributed by atoms with Gasteiger partial charge < -0.3 is 15.4 Å². The van der Waals surface area contributed by atoms with E-state index in [1.807, 2.05) is 37.3 Å². The maximum Gasteiger partial charge on any atom is 0.274 e. The van der Waals surface area contributed by atoms with E-state index in [9.17, 15) is 4.79 Å². The van der Waals surface area contributed by atoms with Crippen LogP contribution < -0.4 is 15.4 Å². The Morgan fingerprint density at radius 1 is 1.14 bits per heavy atom. The average molecular weight is 396 g/mol. The number of aryl methyl sites for hydroxylation is 1. The maximum atomic E-state index is 12.5. The summed E-state index contributed by atoms with van der Waals surface area (Å²) in [7, 11) is 1.67. The van der Waals surface area contributed by atoms with E-state index in [4.69, 9.17) is 16.3 Å². The number of hydrogen-bond acceptors (Lipinski definition) is 4. The first-order chi connectivity index (χ1) is 13.6. The summed E-state index contributed by atoms with van der Waals surface area (Å²) in [5.74, 6) is 0.608. The van der Waals surface area contributed by atoms with Gasteiger partial charge >= 0.3 is 0 Å². The first-order valence-electron chi connectivity index (χ1n) is 8.96. The summed E-state index contributed by atoms with van der Waals surface area (Å²) in [4.78, 5) is 16.7. The van der Waals surface area contributed by atoms with Crippen molar-refractivity contribution in [3.05, 3.63) is 82.6 Å². The van der Waals surface area contributed by atoms with Gasteiger partial charge in [-0.3, -0.25) is 9.78 Å². The molecule has 0 fully saturated rings. The molecule has 144 valence electrons. The van der Waals surface area contributed by atoms with Gasteiger partial charge in [-0.05, 0) is 60.9 Å². The molecule has 0 radical (unpaired) electrons. The van der Waals surface area contributed by atoms with E-state index in [0.29, 0.717) is 22.9 Å². The van der Waals surface area contributed by atoms with Crippen LogP contribution in [0.5, 0.6) is 5.75 Å². The molecule has 3 aromatic rings. The number of hydrogen-bond donors (Lipinski definition) is 2. The number of methoxy groups -OCH3 is 1. The molecule has 0 aliphatic carbocycles. The highest BCUT2D eigenvalue weighted by molar-refractivity contribution is 6.30. The molecule has 28 heavy (non-hydrogen) atoms. The van der Waals surface area contributed by atoms with Gasteiger partial charge in [0.15, 0.2) is 0 Å². The van der Waals surface area contributed by atoms with Crippen LogP contribution in [0.2, 0.25) is 5.02 Å². The zero-order valence-corrected chi connectivity index (χ0v) is 16.6. The zero-order chi connectivity index (χ0) is 19.9. The van der Waals surface area contributed by atoms with Gasteiger partial charge in [0.1, 0.15) is 11.4 Å². The van der Waals surface area contributed by atoms with Gasteiger partial charge in [-0.1, -0.05) is 29.8 Å². The summed E-state index contributed by atoms with van der Waals surface area (Å²) < 4.78 is 5.37. The van der Waals surface area contributed by atoms with E-state index in [2.05, 4.69) is 15.6 Å².